The molecule has 1 amide bonds. The number of carbonyl (C=O) groups excluding carboxylic acids is 1. The minimum Gasteiger partial charge on any atom is -0.381 e. The quantitative estimate of drug-likeness (QED) is 0.795. The summed E-state index contributed by atoms with van der Waals surface area (Å²) < 4.78 is 5.51. The van der Waals surface area contributed by atoms with Crippen LogP contribution in [0.3, 0.4) is 0 Å². The lowest BCUT2D eigenvalue weighted by Gasteiger charge is -2.34. The summed E-state index contributed by atoms with van der Waals surface area (Å²) in [5.41, 5.74) is 4.18. The Bertz CT molecular complexity index is 823. The van der Waals surface area contributed by atoms with Gasteiger partial charge in [0.15, 0.2) is 0 Å². The molecular weight excluding hydrogens is 372 g/mol. The maximum atomic E-state index is 13.8. The van der Waals surface area contributed by atoms with Gasteiger partial charge in [0, 0.05) is 37.9 Å². The SMILES string of the molecule is CC1C2Cc3ccc(C(C)(C)C)cc3CN2C(=O)[C@]12CC[C@@H](NC1CCOCC1)C2. The molecule has 0 aromatic heterocycles. The predicted octanol–water partition coefficient (Wildman–Crippen LogP) is 4.19. The molecule has 3 aliphatic heterocycles. The Morgan fingerprint density at radius 1 is 1.10 bits per heavy atom. The van der Waals surface area contributed by atoms with Gasteiger partial charge < -0.3 is 15.0 Å². The highest BCUT2D eigenvalue weighted by Crippen LogP contribution is 2.54. The monoisotopic (exact) mass is 410 g/mol. The van der Waals surface area contributed by atoms with E-state index in [1.165, 1.54) is 16.7 Å². The number of carbonyl (C=O) groups is 1. The van der Waals surface area contributed by atoms with Crippen molar-refractivity contribution in [2.45, 2.75) is 96.3 Å². The highest BCUT2D eigenvalue weighted by Gasteiger charge is 2.60. The smallest absolute Gasteiger partial charge is 0.229 e. The molecule has 4 aliphatic rings. The van der Waals surface area contributed by atoms with E-state index in [1.54, 1.807) is 0 Å². The summed E-state index contributed by atoms with van der Waals surface area (Å²) in [7, 11) is 0. The van der Waals surface area contributed by atoms with Crippen LogP contribution in [0, 0.1) is 11.3 Å². The highest BCUT2D eigenvalue weighted by molar-refractivity contribution is 5.87. The predicted molar refractivity (Wildman–Crippen MR) is 119 cm³/mol. The third-order valence-corrected chi connectivity index (χ3v) is 8.62. The lowest BCUT2D eigenvalue weighted by Crippen LogP contribution is -2.42. The van der Waals surface area contributed by atoms with E-state index >= 15 is 0 Å². The lowest BCUT2D eigenvalue weighted by atomic mass is 9.73. The van der Waals surface area contributed by atoms with E-state index in [0.717, 1.165) is 58.3 Å². The number of ether oxygens (including phenoxy) is 1. The van der Waals surface area contributed by atoms with Crippen LogP contribution in [0.5, 0.6) is 0 Å². The fraction of sp³-hybridized carbons (Fsp3) is 0.731. The molecule has 4 heteroatoms. The van der Waals surface area contributed by atoms with Crippen molar-refractivity contribution in [3.05, 3.63) is 34.9 Å². The molecule has 4 nitrogen and oxygen atoms in total. The van der Waals surface area contributed by atoms with Gasteiger partial charge in [-0.2, -0.15) is 0 Å². The Hall–Kier alpha value is -1.39. The van der Waals surface area contributed by atoms with Gasteiger partial charge in [-0.25, -0.2) is 0 Å². The van der Waals surface area contributed by atoms with E-state index in [9.17, 15) is 4.79 Å². The van der Waals surface area contributed by atoms with Crippen LogP contribution in [0.15, 0.2) is 18.2 Å². The molecule has 1 saturated carbocycles. The fourth-order valence-electron chi connectivity index (χ4n) is 6.62. The molecule has 0 radical (unpaired) electrons. The van der Waals surface area contributed by atoms with Gasteiger partial charge in [0.1, 0.15) is 0 Å². The molecule has 1 spiro atoms. The number of benzene rings is 1. The van der Waals surface area contributed by atoms with Crippen LogP contribution in [0.2, 0.25) is 0 Å². The Balaban J connectivity index is 1.34. The van der Waals surface area contributed by atoms with Crippen molar-refractivity contribution in [2.75, 3.05) is 13.2 Å². The molecule has 1 aromatic carbocycles. The zero-order chi connectivity index (χ0) is 21.1. The van der Waals surface area contributed by atoms with Gasteiger partial charge in [-0.05, 0) is 66.5 Å². The van der Waals surface area contributed by atoms with Crippen LogP contribution in [0.1, 0.15) is 76.5 Å². The van der Waals surface area contributed by atoms with Crippen LogP contribution in [0.25, 0.3) is 0 Å². The summed E-state index contributed by atoms with van der Waals surface area (Å²) in [4.78, 5) is 16.0. The van der Waals surface area contributed by atoms with Crippen molar-refractivity contribution >= 4 is 5.91 Å². The zero-order valence-electron chi connectivity index (χ0n) is 19.2. The average molecular weight is 411 g/mol. The van der Waals surface area contributed by atoms with E-state index in [0.29, 0.717) is 30.0 Å². The third kappa shape index (κ3) is 3.31. The van der Waals surface area contributed by atoms with Crippen molar-refractivity contribution < 1.29 is 9.53 Å². The van der Waals surface area contributed by atoms with Crippen molar-refractivity contribution in [3.63, 3.8) is 0 Å². The van der Waals surface area contributed by atoms with Crippen LogP contribution in [-0.2, 0) is 27.9 Å². The van der Waals surface area contributed by atoms with Crippen LogP contribution < -0.4 is 5.32 Å². The number of fused-ring (bicyclic) bond motifs is 2. The Kier molecular flexibility index (Phi) is 5.02. The van der Waals surface area contributed by atoms with Crippen molar-refractivity contribution in [1.29, 1.82) is 0 Å². The molecule has 1 aliphatic carbocycles. The summed E-state index contributed by atoms with van der Waals surface area (Å²) in [6.07, 6.45) is 6.42. The van der Waals surface area contributed by atoms with Crippen LogP contribution >= 0.6 is 0 Å². The molecule has 4 atom stereocenters. The molecule has 1 aromatic rings. The maximum absolute atomic E-state index is 13.8. The summed E-state index contributed by atoms with van der Waals surface area (Å²) in [6, 6.07) is 8.41. The maximum Gasteiger partial charge on any atom is 0.229 e. The number of nitrogens with one attached hydrogen (secondary N) is 1. The average Bonchev–Trinajstić information content (AvgIpc) is 3.23. The highest BCUT2D eigenvalue weighted by atomic mass is 16.5. The fourth-order valence-corrected chi connectivity index (χ4v) is 6.62. The minimum atomic E-state index is -0.150. The van der Waals surface area contributed by atoms with Crippen LogP contribution in [-0.4, -0.2) is 42.1 Å². The molecule has 3 heterocycles. The van der Waals surface area contributed by atoms with Crippen molar-refractivity contribution in [1.82, 2.24) is 10.2 Å². The molecular formula is C26H38N2O2. The van der Waals surface area contributed by atoms with Gasteiger partial charge in [-0.1, -0.05) is 45.9 Å². The largest absolute Gasteiger partial charge is 0.381 e. The molecule has 1 N–H and O–H groups in total. The molecule has 0 bridgehead atoms. The topological polar surface area (TPSA) is 41.6 Å². The van der Waals surface area contributed by atoms with E-state index in [-0.39, 0.29) is 10.8 Å². The number of hydrogen-bond acceptors (Lipinski definition) is 3. The minimum absolute atomic E-state index is 0.143. The summed E-state index contributed by atoms with van der Waals surface area (Å²) in [5.74, 6) is 0.866. The first kappa shape index (κ1) is 20.5. The second-order valence-corrected chi connectivity index (χ2v) is 11.4. The Labute approximate surface area is 181 Å². The molecule has 2 unspecified atom stereocenters. The first-order valence-corrected chi connectivity index (χ1v) is 12.0. The van der Waals surface area contributed by atoms with Gasteiger partial charge in [0.25, 0.3) is 0 Å². The first-order chi connectivity index (χ1) is 14.3. The first-order valence-electron chi connectivity index (χ1n) is 12.0. The van der Waals surface area contributed by atoms with Gasteiger partial charge in [0.05, 0.1) is 5.41 Å². The van der Waals surface area contributed by atoms with Gasteiger partial charge in [0.2, 0.25) is 5.91 Å². The van der Waals surface area contributed by atoms with E-state index in [4.69, 9.17) is 4.74 Å². The molecule has 3 fully saturated rings. The number of rotatable bonds is 2. The standard InChI is InChI=1S/C26H38N2O2/c1-17-23-14-18-5-6-20(25(2,3)4)13-19(18)16-28(23)24(29)26(17)10-7-22(15-26)27-21-8-11-30-12-9-21/h5-6,13,17,21-23,27H,7-12,14-16H2,1-4H3/t17?,22-,23?,26+/m1/s1. The second kappa shape index (κ2) is 7.34. The summed E-state index contributed by atoms with van der Waals surface area (Å²) in [5, 5.41) is 3.88. The second-order valence-electron chi connectivity index (χ2n) is 11.4. The van der Waals surface area contributed by atoms with Gasteiger partial charge in [-0.3, -0.25) is 4.79 Å². The van der Waals surface area contributed by atoms with Crippen molar-refractivity contribution in [3.8, 4) is 0 Å². The van der Waals surface area contributed by atoms with Crippen LogP contribution in [0.4, 0.5) is 0 Å². The summed E-state index contributed by atoms with van der Waals surface area (Å²) >= 11 is 0. The normalized spacial score (nSPS) is 34.5. The van der Waals surface area contributed by atoms with Gasteiger partial charge in [-0.15, -0.1) is 0 Å². The van der Waals surface area contributed by atoms with Gasteiger partial charge >= 0.3 is 0 Å². The van der Waals surface area contributed by atoms with Crippen molar-refractivity contribution in [2.24, 2.45) is 11.3 Å². The zero-order valence-corrected chi connectivity index (χ0v) is 19.2. The Morgan fingerprint density at radius 3 is 2.60 bits per heavy atom. The molecule has 164 valence electrons. The third-order valence-electron chi connectivity index (χ3n) is 8.62. The number of amides is 1. The van der Waals surface area contributed by atoms with E-state index in [1.807, 2.05) is 0 Å². The summed E-state index contributed by atoms with van der Waals surface area (Å²) in [6.45, 7) is 11.7. The lowest BCUT2D eigenvalue weighted by molar-refractivity contribution is -0.137. The molecule has 30 heavy (non-hydrogen) atoms. The number of hydrogen-bond donors (Lipinski definition) is 1. The number of nitrogens with zero attached hydrogens (tertiary/aromatic N) is 1. The Morgan fingerprint density at radius 2 is 1.87 bits per heavy atom. The molecule has 2 saturated heterocycles. The van der Waals surface area contributed by atoms with E-state index in [2.05, 4.69) is 56.1 Å². The molecule has 5 rings (SSSR count). The van der Waals surface area contributed by atoms with E-state index < -0.39 is 0 Å².